The maximum Gasteiger partial charge on any atom is 0.156 e. The molecule has 1 N–H and O–H groups in total. The predicted octanol–water partition coefficient (Wildman–Crippen LogP) is -0.130. The van der Waals surface area contributed by atoms with Gasteiger partial charge in [0.1, 0.15) is 18.3 Å². The molecule has 2 rings (SSSR count). The van der Waals surface area contributed by atoms with E-state index < -0.39 is 0 Å². The van der Waals surface area contributed by atoms with Crippen molar-refractivity contribution in [2.75, 3.05) is 13.2 Å². The van der Waals surface area contributed by atoms with Crippen LogP contribution in [0, 0.1) is 0 Å². The van der Waals surface area contributed by atoms with Crippen molar-refractivity contribution in [1.29, 1.82) is 0 Å². The molecule has 2 aliphatic rings. The van der Waals surface area contributed by atoms with Crippen molar-refractivity contribution in [2.24, 2.45) is 0 Å². The van der Waals surface area contributed by atoms with E-state index in [1.54, 1.807) is 6.92 Å². The summed E-state index contributed by atoms with van der Waals surface area (Å²) in [5.74, 6) is 0. The minimum absolute atomic E-state index is 0.0540. The summed E-state index contributed by atoms with van der Waals surface area (Å²) in [5, 5.41) is 9.13. The van der Waals surface area contributed by atoms with E-state index >= 15 is 0 Å². The molecule has 0 spiro atoms. The van der Waals surface area contributed by atoms with Crippen LogP contribution >= 0.6 is 0 Å². The van der Waals surface area contributed by atoms with Gasteiger partial charge in [-0.25, -0.2) is 0 Å². The van der Waals surface area contributed by atoms with Gasteiger partial charge in [0.05, 0.1) is 13.2 Å². The molecule has 0 aromatic carbocycles. The predicted molar refractivity (Wildman–Crippen MR) is 46.6 cm³/mol. The van der Waals surface area contributed by atoms with E-state index in [0.717, 1.165) is 0 Å². The highest BCUT2D eigenvalue weighted by molar-refractivity contribution is 4.85. The average Bonchev–Trinajstić information content (AvgIpc) is 2.17. The monoisotopic (exact) mass is 204 g/mol. The molecule has 5 heteroatoms. The lowest BCUT2D eigenvalue weighted by Crippen LogP contribution is -2.57. The Balaban J connectivity index is 2.04. The van der Waals surface area contributed by atoms with Crippen molar-refractivity contribution >= 4 is 0 Å². The van der Waals surface area contributed by atoms with Gasteiger partial charge < -0.3 is 24.1 Å². The smallest absolute Gasteiger partial charge is 0.156 e. The summed E-state index contributed by atoms with van der Waals surface area (Å²) in [6, 6.07) is 0. The van der Waals surface area contributed by atoms with Crippen LogP contribution in [-0.4, -0.2) is 49.2 Å². The lowest BCUT2D eigenvalue weighted by molar-refractivity contribution is -0.353. The fourth-order valence-corrected chi connectivity index (χ4v) is 1.87. The maximum absolute atomic E-state index is 9.13. The minimum atomic E-state index is -0.311. The van der Waals surface area contributed by atoms with Crippen LogP contribution in [0.2, 0.25) is 0 Å². The zero-order valence-corrected chi connectivity index (χ0v) is 8.38. The van der Waals surface area contributed by atoms with Crippen molar-refractivity contribution in [3.05, 3.63) is 0 Å². The van der Waals surface area contributed by atoms with Gasteiger partial charge in [-0.05, 0) is 13.8 Å². The number of aliphatic hydroxyl groups excluding tert-OH is 1. The van der Waals surface area contributed by atoms with Crippen LogP contribution in [0.3, 0.4) is 0 Å². The molecule has 5 atom stereocenters. The number of aliphatic hydroxyl groups is 1. The summed E-state index contributed by atoms with van der Waals surface area (Å²) >= 11 is 0. The van der Waals surface area contributed by atoms with Crippen molar-refractivity contribution in [3.63, 3.8) is 0 Å². The quantitative estimate of drug-likeness (QED) is 0.644. The Hall–Kier alpha value is -0.200. The number of hydrogen-bond donors (Lipinski definition) is 1. The lowest BCUT2D eigenvalue weighted by atomic mass is 10.1. The topological polar surface area (TPSA) is 57.2 Å². The molecule has 2 saturated heterocycles. The number of hydrogen-bond acceptors (Lipinski definition) is 5. The first-order valence-corrected chi connectivity index (χ1v) is 4.89. The Morgan fingerprint density at radius 2 is 1.93 bits per heavy atom. The molecule has 0 aromatic rings. The third-order valence-corrected chi connectivity index (χ3v) is 2.49. The molecule has 14 heavy (non-hydrogen) atoms. The fourth-order valence-electron chi connectivity index (χ4n) is 1.87. The summed E-state index contributed by atoms with van der Waals surface area (Å²) in [6.45, 7) is 4.07. The van der Waals surface area contributed by atoms with Crippen molar-refractivity contribution in [2.45, 2.75) is 44.7 Å². The van der Waals surface area contributed by atoms with Gasteiger partial charge in [-0.3, -0.25) is 0 Å². The largest absolute Gasteiger partial charge is 0.394 e. The van der Waals surface area contributed by atoms with Crippen LogP contribution < -0.4 is 0 Å². The summed E-state index contributed by atoms with van der Waals surface area (Å²) in [5.41, 5.74) is 0. The first-order valence-electron chi connectivity index (χ1n) is 4.89. The van der Waals surface area contributed by atoms with Gasteiger partial charge in [-0.1, -0.05) is 0 Å². The molecule has 2 fully saturated rings. The van der Waals surface area contributed by atoms with Gasteiger partial charge in [0.2, 0.25) is 0 Å². The zero-order chi connectivity index (χ0) is 10.1. The normalized spacial score (nSPS) is 48.6. The standard InChI is InChI=1S/C9H16O5/c1-5-11-4-8-9(14-5)7(3-10)12-6(2)13-8/h5-10H,3-4H2,1-2H3. The first kappa shape index (κ1) is 10.3. The molecule has 0 radical (unpaired) electrons. The molecule has 2 heterocycles. The van der Waals surface area contributed by atoms with Crippen LogP contribution in [0.1, 0.15) is 13.8 Å². The second-order valence-corrected chi connectivity index (χ2v) is 3.60. The summed E-state index contributed by atoms with van der Waals surface area (Å²) in [7, 11) is 0. The first-order chi connectivity index (χ1) is 6.70. The van der Waals surface area contributed by atoms with Crippen LogP contribution in [-0.2, 0) is 18.9 Å². The molecule has 0 saturated carbocycles. The Morgan fingerprint density at radius 3 is 2.64 bits per heavy atom. The molecule has 5 nitrogen and oxygen atoms in total. The number of fused-ring (bicyclic) bond motifs is 1. The molecular formula is C9H16O5. The number of rotatable bonds is 1. The highest BCUT2D eigenvalue weighted by Crippen LogP contribution is 2.26. The Morgan fingerprint density at radius 1 is 1.14 bits per heavy atom. The van der Waals surface area contributed by atoms with E-state index in [-0.39, 0.29) is 37.5 Å². The SMILES string of the molecule is CC1OC(CO)C2OC(C)OCC2O1. The van der Waals surface area contributed by atoms with Crippen LogP contribution in [0.25, 0.3) is 0 Å². The van der Waals surface area contributed by atoms with Crippen molar-refractivity contribution in [3.8, 4) is 0 Å². The van der Waals surface area contributed by atoms with Gasteiger partial charge in [-0.2, -0.15) is 0 Å². The zero-order valence-electron chi connectivity index (χ0n) is 8.38. The van der Waals surface area contributed by atoms with Crippen LogP contribution in [0.4, 0.5) is 0 Å². The highest BCUT2D eigenvalue weighted by atomic mass is 16.8. The van der Waals surface area contributed by atoms with Gasteiger partial charge in [-0.15, -0.1) is 0 Å². The number of ether oxygens (including phenoxy) is 4. The second-order valence-electron chi connectivity index (χ2n) is 3.60. The van der Waals surface area contributed by atoms with E-state index in [1.165, 1.54) is 0 Å². The Kier molecular flexibility index (Phi) is 3.04. The summed E-state index contributed by atoms with van der Waals surface area (Å²) in [6.07, 6.45) is -1.23. The molecule has 5 unspecified atom stereocenters. The average molecular weight is 204 g/mol. The summed E-state index contributed by atoms with van der Waals surface area (Å²) < 4.78 is 21.7. The molecule has 2 aliphatic heterocycles. The van der Waals surface area contributed by atoms with Gasteiger partial charge in [0.25, 0.3) is 0 Å². The highest BCUT2D eigenvalue weighted by Gasteiger charge is 2.42. The van der Waals surface area contributed by atoms with E-state index in [2.05, 4.69) is 0 Å². The van der Waals surface area contributed by atoms with Gasteiger partial charge in [0, 0.05) is 0 Å². The van der Waals surface area contributed by atoms with Crippen LogP contribution in [0.5, 0.6) is 0 Å². The minimum Gasteiger partial charge on any atom is -0.394 e. The van der Waals surface area contributed by atoms with Gasteiger partial charge in [0.15, 0.2) is 12.6 Å². The molecule has 0 bridgehead atoms. The molecule has 0 amide bonds. The van der Waals surface area contributed by atoms with Crippen molar-refractivity contribution < 1.29 is 24.1 Å². The molecule has 82 valence electrons. The Labute approximate surface area is 82.9 Å². The molecule has 0 aromatic heterocycles. The van der Waals surface area contributed by atoms with Crippen LogP contribution in [0.15, 0.2) is 0 Å². The fraction of sp³-hybridized carbons (Fsp3) is 1.00. The van der Waals surface area contributed by atoms with E-state index in [9.17, 15) is 0 Å². The van der Waals surface area contributed by atoms with E-state index in [0.29, 0.717) is 6.61 Å². The summed E-state index contributed by atoms with van der Waals surface area (Å²) in [4.78, 5) is 0. The second kappa shape index (κ2) is 4.12. The molecular weight excluding hydrogens is 188 g/mol. The third kappa shape index (κ3) is 1.92. The van der Waals surface area contributed by atoms with Crippen molar-refractivity contribution in [1.82, 2.24) is 0 Å². The maximum atomic E-state index is 9.13. The van der Waals surface area contributed by atoms with E-state index in [1.807, 2.05) is 6.92 Å². The molecule has 0 aliphatic carbocycles. The Bertz CT molecular complexity index is 190. The van der Waals surface area contributed by atoms with E-state index in [4.69, 9.17) is 24.1 Å². The van der Waals surface area contributed by atoms with Gasteiger partial charge >= 0.3 is 0 Å². The third-order valence-electron chi connectivity index (χ3n) is 2.49. The lowest BCUT2D eigenvalue weighted by Gasteiger charge is -2.44.